The monoisotopic (exact) mass is 229 g/mol. The van der Waals surface area contributed by atoms with Gasteiger partial charge in [0.2, 0.25) is 0 Å². The van der Waals surface area contributed by atoms with Crippen LogP contribution in [-0.2, 0) is 6.42 Å². The maximum atomic E-state index is 2.73. The topological polar surface area (TPSA) is 3.24 Å². The van der Waals surface area contributed by atoms with Crippen LogP contribution in [0.3, 0.4) is 0 Å². The minimum Gasteiger partial charge on any atom is -0.300 e. The van der Waals surface area contributed by atoms with Crippen molar-refractivity contribution in [1.82, 2.24) is 4.90 Å². The van der Waals surface area contributed by atoms with Gasteiger partial charge in [-0.3, -0.25) is 0 Å². The predicted octanol–water partition coefficient (Wildman–Crippen LogP) is 3.49. The van der Waals surface area contributed by atoms with E-state index in [0.717, 1.165) is 12.0 Å². The van der Waals surface area contributed by atoms with E-state index >= 15 is 0 Å². The van der Waals surface area contributed by atoms with Crippen LogP contribution in [0.15, 0.2) is 30.3 Å². The van der Waals surface area contributed by atoms with Crippen LogP contribution < -0.4 is 0 Å². The molecule has 1 nitrogen and oxygen atoms in total. The molecule has 2 unspecified atom stereocenters. The van der Waals surface area contributed by atoms with Crippen molar-refractivity contribution in [2.24, 2.45) is 5.92 Å². The summed E-state index contributed by atoms with van der Waals surface area (Å²) >= 11 is 0. The molecule has 1 aromatic rings. The molecule has 0 radical (unpaired) electrons. The Morgan fingerprint density at radius 1 is 1.06 bits per heavy atom. The van der Waals surface area contributed by atoms with Gasteiger partial charge < -0.3 is 4.90 Å². The molecule has 0 N–H and O–H groups in total. The van der Waals surface area contributed by atoms with E-state index in [-0.39, 0.29) is 0 Å². The van der Waals surface area contributed by atoms with Crippen molar-refractivity contribution < 1.29 is 0 Å². The molecule has 92 valence electrons. The van der Waals surface area contributed by atoms with Crippen molar-refractivity contribution in [2.75, 3.05) is 13.1 Å². The van der Waals surface area contributed by atoms with Crippen LogP contribution in [0.25, 0.3) is 0 Å². The predicted molar refractivity (Wildman–Crippen MR) is 72.1 cm³/mol. The Hall–Kier alpha value is -0.820. The maximum Gasteiger partial charge on any atom is 0.0128 e. The smallest absolute Gasteiger partial charge is 0.0128 e. The SMILES string of the molecule is c1ccc(CCCCCN2CCC3CC32)cc1. The highest BCUT2D eigenvalue weighted by molar-refractivity contribution is 5.14. The summed E-state index contributed by atoms with van der Waals surface area (Å²) in [6, 6.07) is 11.9. The lowest BCUT2D eigenvalue weighted by Crippen LogP contribution is -2.24. The van der Waals surface area contributed by atoms with Crippen molar-refractivity contribution in [3.63, 3.8) is 0 Å². The molecule has 1 aliphatic heterocycles. The van der Waals surface area contributed by atoms with Crippen LogP contribution in [0.5, 0.6) is 0 Å². The molecule has 1 aliphatic carbocycles. The number of hydrogen-bond acceptors (Lipinski definition) is 1. The number of piperidine rings is 1. The minimum absolute atomic E-state index is 1.00. The first kappa shape index (κ1) is 11.3. The van der Waals surface area contributed by atoms with E-state index in [2.05, 4.69) is 35.2 Å². The Labute approximate surface area is 105 Å². The average molecular weight is 229 g/mol. The number of aryl methyl sites for hydroxylation is 1. The molecule has 0 amide bonds. The molecule has 1 saturated heterocycles. The van der Waals surface area contributed by atoms with Crippen LogP contribution in [-0.4, -0.2) is 24.0 Å². The third kappa shape index (κ3) is 2.90. The number of benzene rings is 1. The van der Waals surface area contributed by atoms with Crippen molar-refractivity contribution in [3.05, 3.63) is 35.9 Å². The van der Waals surface area contributed by atoms with Gasteiger partial charge in [0.1, 0.15) is 0 Å². The molecule has 0 aromatic heterocycles. The molecule has 0 spiro atoms. The lowest BCUT2D eigenvalue weighted by molar-refractivity contribution is 0.292. The van der Waals surface area contributed by atoms with Crippen LogP contribution in [0.2, 0.25) is 0 Å². The number of fused-ring (bicyclic) bond motifs is 1. The van der Waals surface area contributed by atoms with E-state index in [1.165, 1.54) is 57.2 Å². The fraction of sp³-hybridized carbons (Fsp3) is 0.625. The highest BCUT2D eigenvalue weighted by atomic mass is 15.2. The number of likely N-dealkylation sites (tertiary alicyclic amines) is 1. The Bertz CT molecular complexity index is 346. The summed E-state index contributed by atoms with van der Waals surface area (Å²) in [4.78, 5) is 2.73. The second kappa shape index (κ2) is 5.22. The van der Waals surface area contributed by atoms with Crippen molar-refractivity contribution >= 4 is 0 Å². The van der Waals surface area contributed by atoms with Gasteiger partial charge in [0.15, 0.2) is 0 Å². The molecule has 2 aliphatic rings. The van der Waals surface area contributed by atoms with Crippen molar-refractivity contribution in [1.29, 1.82) is 0 Å². The van der Waals surface area contributed by atoms with Gasteiger partial charge in [-0.25, -0.2) is 0 Å². The number of unbranched alkanes of at least 4 members (excludes halogenated alkanes) is 2. The summed E-state index contributed by atoms with van der Waals surface area (Å²) in [6.07, 6.45) is 8.39. The molecular weight excluding hydrogens is 206 g/mol. The van der Waals surface area contributed by atoms with E-state index in [1.807, 2.05) is 0 Å². The summed E-state index contributed by atoms with van der Waals surface area (Å²) in [6.45, 7) is 2.74. The Kier molecular flexibility index (Phi) is 3.46. The van der Waals surface area contributed by atoms with Crippen LogP contribution in [0.1, 0.15) is 37.7 Å². The summed E-state index contributed by atoms with van der Waals surface area (Å²) in [5.74, 6) is 1.10. The molecule has 3 rings (SSSR count). The van der Waals surface area contributed by atoms with Gasteiger partial charge in [-0.1, -0.05) is 36.8 Å². The number of hydrogen-bond donors (Lipinski definition) is 0. The lowest BCUT2D eigenvalue weighted by Gasteiger charge is -2.16. The van der Waals surface area contributed by atoms with Gasteiger partial charge >= 0.3 is 0 Å². The summed E-state index contributed by atoms with van der Waals surface area (Å²) in [5.41, 5.74) is 1.50. The van der Waals surface area contributed by atoms with Crippen LogP contribution >= 0.6 is 0 Å². The fourth-order valence-electron chi connectivity index (χ4n) is 3.23. The van der Waals surface area contributed by atoms with Crippen molar-refractivity contribution in [2.45, 2.75) is 44.6 Å². The molecular formula is C16H23N. The average Bonchev–Trinajstić information content (AvgIpc) is 3.05. The molecule has 2 fully saturated rings. The zero-order chi connectivity index (χ0) is 11.5. The summed E-state index contributed by atoms with van der Waals surface area (Å²) < 4.78 is 0. The molecule has 1 saturated carbocycles. The largest absolute Gasteiger partial charge is 0.300 e. The van der Waals surface area contributed by atoms with Gasteiger partial charge in [-0.15, -0.1) is 0 Å². The Morgan fingerprint density at radius 2 is 1.94 bits per heavy atom. The van der Waals surface area contributed by atoms with Gasteiger partial charge in [-0.05, 0) is 56.7 Å². The van der Waals surface area contributed by atoms with E-state index in [4.69, 9.17) is 0 Å². The van der Waals surface area contributed by atoms with Gasteiger partial charge in [0.25, 0.3) is 0 Å². The third-order valence-electron chi connectivity index (χ3n) is 4.39. The lowest BCUT2D eigenvalue weighted by atomic mass is 10.1. The first-order chi connectivity index (χ1) is 8.43. The van der Waals surface area contributed by atoms with Gasteiger partial charge in [-0.2, -0.15) is 0 Å². The zero-order valence-corrected chi connectivity index (χ0v) is 10.6. The third-order valence-corrected chi connectivity index (χ3v) is 4.39. The number of rotatable bonds is 6. The number of nitrogens with zero attached hydrogens (tertiary/aromatic N) is 1. The molecule has 17 heavy (non-hydrogen) atoms. The van der Waals surface area contributed by atoms with Gasteiger partial charge in [0.05, 0.1) is 0 Å². The van der Waals surface area contributed by atoms with E-state index in [0.29, 0.717) is 0 Å². The Morgan fingerprint density at radius 3 is 2.65 bits per heavy atom. The molecule has 1 aromatic carbocycles. The Balaban J connectivity index is 1.28. The highest BCUT2D eigenvalue weighted by Gasteiger charge is 2.45. The minimum atomic E-state index is 1.00. The molecule has 1 heterocycles. The van der Waals surface area contributed by atoms with E-state index in [9.17, 15) is 0 Å². The molecule has 0 bridgehead atoms. The van der Waals surface area contributed by atoms with Gasteiger partial charge in [0, 0.05) is 6.04 Å². The zero-order valence-electron chi connectivity index (χ0n) is 10.6. The quantitative estimate of drug-likeness (QED) is 0.675. The first-order valence-corrected chi connectivity index (χ1v) is 7.21. The normalized spacial score (nSPS) is 27.1. The fourth-order valence-corrected chi connectivity index (χ4v) is 3.23. The standard InChI is InChI=1S/C16H23N/c1-3-7-14(8-4-1)9-5-2-6-11-17-12-10-15-13-16(15)17/h1,3-4,7-8,15-16H,2,5-6,9-13H2. The van der Waals surface area contributed by atoms with E-state index < -0.39 is 0 Å². The highest BCUT2D eigenvalue weighted by Crippen LogP contribution is 2.44. The first-order valence-electron chi connectivity index (χ1n) is 7.21. The van der Waals surface area contributed by atoms with Crippen LogP contribution in [0, 0.1) is 5.92 Å². The second-order valence-electron chi connectivity index (χ2n) is 5.68. The van der Waals surface area contributed by atoms with E-state index in [1.54, 1.807) is 0 Å². The molecule has 2 atom stereocenters. The van der Waals surface area contributed by atoms with Crippen LogP contribution in [0.4, 0.5) is 0 Å². The molecule has 1 heteroatoms. The second-order valence-corrected chi connectivity index (χ2v) is 5.68. The van der Waals surface area contributed by atoms with Crippen molar-refractivity contribution in [3.8, 4) is 0 Å². The summed E-state index contributed by atoms with van der Waals surface area (Å²) in [7, 11) is 0. The maximum absolute atomic E-state index is 2.73. The summed E-state index contributed by atoms with van der Waals surface area (Å²) in [5, 5.41) is 0.